The van der Waals surface area contributed by atoms with Gasteiger partial charge in [0.05, 0.1) is 6.20 Å². The third-order valence-electron chi connectivity index (χ3n) is 2.36. The number of hydrogen-bond acceptors (Lipinski definition) is 4. The Balaban J connectivity index is 2.04. The molecule has 1 aliphatic rings. The fourth-order valence-electron chi connectivity index (χ4n) is 1.33. The fourth-order valence-corrected chi connectivity index (χ4v) is 2.58. The second kappa shape index (κ2) is 4.52. The van der Waals surface area contributed by atoms with Crippen LogP contribution in [0.2, 0.25) is 0 Å². The van der Waals surface area contributed by atoms with Crippen LogP contribution in [0, 0.1) is 0 Å². The Kier molecular flexibility index (Phi) is 3.27. The molecule has 0 saturated heterocycles. The number of aliphatic hydroxyl groups is 1. The first-order valence-electron chi connectivity index (χ1n) is 5.27. The predicted molar refractivity (Wildman–Crippen MR) is 57.3 cm³/mol. The molecule has 1 heterocycles. The van der Waals surface area contributed by atoms with Crippen molar-refractivity contribution in [3.63, 3.8) is 0 Å². The van der Waals surface area contributed by atoms with Crippen LogP contribution in [0.15, 0.2) is 17.3 Å². The van der Waals surface area contributed by atoms with E-state index in [4.69, 9.17) is 5.11 Å². The number of hydrogen-bond donors (Lipinski definition) is 2. The number of aliphatic hydroxyl groups excluding tert-OH is 1. The smallest absolute Gasteiger partial charge is 0.243 e. The summed E-state index contributed by atoms with van der Waals surface area (Å²) in [7, 11) is -3.40. The van der Waals surface area contributed by atoms with E-state index in [1.54, 1.807) is 0 Å². The molecule has 1 aromatic rings. The molecular formula is C9H15N3O3S. The van der Waals surface area contributed by atoms with E-state index in [1.807, 2.05) is 0 Å². The molecule has 0 radical (unpaired) electrons. The summed E-state index contributed by atoms with van der Waals surface area (Å²) < 4.78 is 27.6. The van der Waals surface area contributed by atoms with Crippen LogP contribution in [0.25, 0.3) is 0 Å². The molecule has 0 atom stereocenters. The summed E-state index contributed by atoms with van der Waals surface area (Å²) in [5.74, 6) is 0. The van der Waals surface area contributed by atoms with E-state index in [0.717, 1.165) is 12.8 Å². The lowest BCUT2D eigenvalue weighted by atomic mass is 10.5. The van der Waals surface area contributed by atoms with Crippen LogP contribution in [0.5, 0.6) is 0 Å². The van der Waals surface area contributed by atoms with E-state index in [1.165, 1.54) is 17.1 Å². The van der Waals surface area contributed by atoms with E-state index < -0.39 is 10.0 Å². The highest BCUT2D eigenvalue weighted by Crippen LogP contribution is 2.21. The zero-order chi connectivity index (χ0) is 11.6. The van der Waals surface area contributed by atoms with Crippen LogP contribution in [0.3, 0.4) is 0 Å². The zero-order valence-electron chi connectivity index (χ0n) is 8.83. The molecule has 0 aliphatic heterocycles. The molecule has 16 heavy (non-hydrogen) atoms. The normalized spacial score (nSPS) is 16.6. The van der Waals surface area contributed by atoms with Gasteiger partial charge in [0.1, 0.15) is 4.90 Å². The van der Waals surface area contributed by atoms with Gasteiger partial charge in [-0.25, -0.2) is 13.1 Å². The molecule has 6 nitrogen and oxygen atoms in total. The summed E-state index contributed by atoms with van der Waals surface area (Å²) in [6, 6.07) is 0.103. The summed E-state index contributed by atoms with van der Waals surface area (Å²) in [6.07, 6.45) is 5.22. The maximum atomic E-state index is 11.8. The van der Waals surface area contributed by atoms with Crippen molar-refractivity contribution in [1.29, 1.82) is 0 Å². The molecule has 1 aliphatic carbocycles. The van der Waals surface area contributed by atoms with E-state index >= 15 is 0 Å². The highest BCUT2D eigenvalue weighted by molar-refractivity contribution is 7.89. The lowest BCUT2D eigenvalue weighted by molar-refractivity contribution is 0.277. The predicted octanol–water partition coefficient (Wildman–Crippen LogP) is -0.294. The largest absolute Gasteiger partial charge is 0.396 e. The number of sulfonamides is 1. The van der Waals surface area contributed by atoms with Gasteiger partial charge in [0.25, 0.3) is 0 Å². The van der Waals surface area contributed by atoms with Gasteiger partial charge in [-0.3, -0.25) is 4.68 Å². The number of rotatable bonds is 6. The Hall–Kier alpha value is -0.920. The number of aromatic nitrogens is 2. The molecule has 0 spiro atoms. The zero-order valence-corrected chi connectivity index (χ0v) is 9.65. The summed E-state index contributed by atoms with van der Waals surface area (Å²) in [5, 5.41) is 12.6. The molecule has 0 amide bonds. The lowest BCUT2D eigenvalue weighted by Gasteiger charge is -2.01. The standard InChI is InChI=1S/C9H15N3O3S/c13-5-1-4-12-7-9(6-10-12)16(14,15)11-8-2-3-8/h6-8,11,13H,1-5H2. The summed E-state index contributed by atoms with van der Waals surface area (Å²) in [5.41, 5.74) is 0. The molecule has 90 valence electrons. The molecule has 0 unspecified atom stereocenters. The second-order valence-corrected chi connectivity index (χ2v) is 5.63. The van der Waals surface area contributed by atoms with E-state index in [-0.39, 0.29) is 17.5 Å². The first kappa shape index (κ1) is 11.6. The third-order valence-corrected chi connectivity index (χ3v) is 3.84. The SMILES string of the molecule is O=S(=O)(NC1CC1)c1cnn(CCCO)c1. The topological polar surface area (TPSA) is 84.2 Å². The fraction of sp³-hybridized carbons (Fsp3) is 0.667. The molecule has 0 bridgehead atoms. The van der Waals surface area contributed by atoms with Crippen molar-refractivity contribution in [2.45, 2.75) is 36.7 Å². The lowest BCUT2D eigenvalue weighted by Crippen LogP contribution is -2.25. The Bertz CT molecular complexity index is 450. The van der Waals surface area contributed by atoms with Crippen LogP contribution in [-0.2, 0) is 16.6 Å². The maximum absolute atomic E-state index is 11.8. The molecule has 1 fully saturated rings. The Morgan fingerprint density at radius 3 is 2.94 bits per heavy atom. The first-order valence-corrected chi connectivity index (χ1v) is 6.76. The van der Waals surface area contributed by atoms with Crippen LogP contribution in [-0.4, -0.2) is 36.0 Å². The highest BCUT2D eigenvalue weighted by Gasteiger charge is 2.28. The summed E-state index contributed by atoms with van der Waals surface area (Å²) in [6.45, 7) is 0.595. The van der Waals surface area contributed by atoms with Gasteiger partial charge in [-0.2, -0.15) is 5.10 Å². The minimum Gasteiger partial charge on any atom is -0.396 e. The Labute approximate surface area is 94.3 Å². The number of aryl methyl sites for hydroxylation is 1. The third kappa shape index (κ3) is 2.81. The van der Waals surface area contributed by atoms with Gasteiger partial charge in [0.15, 0.2) is 0 Å². The van der Waals surface area contributed by atoms with Crippen LogP contribution in [0.1, 0.15) is 19.3 Å². The second-order valence-electron chi connectivity index (χ2n) is 3.91. The van der Waals surface area contributed by atoms with Crippen LogP contribution in [0.4, 0.5) is 0 Å². The summed E-state index contributed by atoms with van der Waals surface area (Å²) in [4.78, 5) is 0.192. The molecule has 1 saturated carbocycles. The van der Waals surface area contributed by atoms with Gasteiger partial charge in [-0.15, -0.1) is 0 Å². The quantitative estimate of drug-likeness (QED) is 0.721. The minimum atomic E-state index is -3.40. The average Bonchev–Trinajstić information content (AvgIpc) is 2.89. The van der Waals surface area contributed by atoms with Gasteiger partial charge < -0.3 is 5.11 Å². The molecular weight excluding hydrogens is 230 g/mol. The van der Waals surface area contributed by atoms with Gasteiger partial charge >= 0.3 is 0 Å². The summed E-state index contributed by atoms with van der Waals surface area (Å²) >= 11 is 0. The molecule has 0 aromatic carbocycles. The van der Waals surface area contributed by atoms with Crippen molar-refractivity contribution >= 4 is 10.0 Å². The van der Waals surface area contributed by atoms with Gasteiger partial charge in [-0.05, 0) is 19.3 Å². The maximum Gasteiger partial charge on any atom is 0.243 e. The van der Waals surface area contributed by atoms with Crippen LogP contribution >= 0.6 is 0 Å². The van der Waals surface area contributed by atoms with Crippen LogP contribution < -0.4 is 4.72 Å². The van der Waals surface area contributed by atoms with E-state index in [0.29, 0.717) is 13.0 Å². The van der Waals surface area contributed by atoms with Gasteiger partial charge in [0.2, 0.25) is 10.0 Å². The van der Waals surface area contributed by atoms with E-state index in [2.05, 4.69) is 9.82 Å². The Morgan fingerprint density at radius 1 is 1.56 bits per heavy atom. The van der Waals surface area contributed by atoms with Crippen molar-refractivity contribution in [3.8, 4) is 0 Å². The van der Waals surface area contributed by atoms with Gasteiger partial charge in [-0.1, -0.05) is 0 Å². The van der Waals surface area contributed by atoms with Crippen molar-refractivity contribution in [2.75, 3.05) is 6.61 Å². The van der Waals surface area contributed by atoms with E-state index in [9.17, 15) is 8.42 Å². The monoisotopic (exact) mass is 245 g/mol. The molecule has 1 aromatic heterocycles. The first-order chi connectivity index (χ1) is 7.62. The highest BCUT2D eigenvalue weighted by atomic mass is 32.2. The van der Waals surface area contributed by atoms with Crippen molar-refractivity contribution in [1.82, 2.24) is 14.5 Å². The van der Waals surface area contributed by atoms with Gasteiger partial charge in [0, 0.05) is 25.4 Å². The molecule has 2 rings (SSSR count). The van der Waals surface area contributed by atoms with Crippen molar-refractivity contribution < 1.29 is 13.5 Å². The Morgan fingerprint density at radius 2 is 2.31 bits per heavy atom. The molecule has 7 heteroatoms. The number of nitrogens with zero attached hydrogens (tertiary/aromatic N) is 2. The van der Waals surface area contributed by atoms with Crippen molar-refractivity contribution in [3.05, 3.63) is 12.4 Å². The molecule has 2 N–H and O–H groups in total. The van der Waals surface area contributed by atoms with Crippen molar-refractivity contribution in [2.24, 2.45) is 0 Å². The average molecular weight is 245 g/mol. The number of nitrogens with one attached hydrogen (secondary N) is 1. The minimum absolute atomic E-state index is 0.0717.